The van der Waals surface area contributed by atoms with E-state index in [9.17, 15) is 18.0 Å². The summed E-state index contributed by atoms with van der Waals surface area (Å²) in [5.41, 5.74) is 3.53. The van der Waals surface area contributed by atoms with Crippen LogP contribution in [0.3, 0.4) is 0 Å². The largest absolute Gasteiger partial charge is 0.460 e. The first-order valence-electron chi connectivity index (χ1n) is 15.6. The Morgan fingerprint density at radius 1 is 0.932 bits per heavy atom. The maximum atomic E-state index is 13.7. The number of allylic oxidation sites excluding steroid dienone is 1. The topological polar surface area (TPSA) is 98.8 Å². The average molecular weight is 624 g/mol. The molecular weight excluding hydrogens is 574 g/mol. The summed E-state index contributed by atoms with van der Waals surface area (Å²) in [6, 6.07) is 15.3. The summed E-state index contributed by atoms with van der Waals surface area (Å²) in [7, 11) is -4.08. The van der Waals surface area contributed by atoms with Crippen LogP contribution in [0, 0.1) is 30.6 Å². The fraction of sp³-hybridized carbons (Fsp3) is 0.500. The fourth-order valence-corrected chi connectivity index (χ4v) is 6.99. The van der Waals surface area contributed by atoms with E-state index in [2.05, 4.69) is 5.32 Å². The molecule has 1 aliphatic rings. The number of ether oxygens (including phenoxy) is 1. The molecule has 8 heteroatoms. The highest BCUT2D eigenvalue weighted by Crippen LogP contribution is 2.30. The number of aryl methyl sites for hydroxylation is 1. The number of nitrogens with one attached hydrogen (secondary N) is 1. The van der Waals surface area contributed by atoms with Crippen LogP contribution >= 0.6 is 0 Å². The summed E-state index contributed by atoms with van der Waals surface area (Å²) in [5, 5.41) is 2.97. The third-order valence-electron chi connectivity index (χ3n) is 8.47. The van der Waals surface area contributed by atoms with E-state index < -0.39 is 40.3 Å². The highest BCUT2D eigenvalue weighted by atomic mass is 32.2. The fourth-order valence-electron chi connectivity index (χ4n) is 5.81. The second-order valence-corrected chi connectivity index (χ2v) is 14.1. The van der Waals surface area contributed by atoms with Crippen molar-refractivity contribution >= 4 is 22.0 Å². The van der Waals surface area contributed by atoms with Gasteiger partial charge in [-0.25, -0.2) is 4.79 Å². The molecule has 1 heterocycles. The van der Waals surface area contributed by atoms with Crippen molar-refractivity contribution in [3.63, 3.8) is 0 Å². The predicted molar refractivity (Wildman–Crippen MR) is 174 cm³/mol. The van der Waals surface area contributed by atoms with Gasteiger partial charge in [0.2, 0.25) is 5.91 Å². The first-order valence-corrected chi connectivity index (χ1v) is 17.0. The third-order valence-corrected chi connectivity index (χ3v) is 9.78. The summed E-state index contributed by atoms with van der Waals surface area (Å²) in [6.45, 7) is 15.5. The molecule has 1 N–H and O–H groups in total. The van der Waals surface area contributed by atoms with E-state index in [1.54, 1.807) is 24.3 Å². The van der Waals surface area contributed by atoms with Crippen LogP contribution in [0.15, 0.2) is 82.8 Å². The molecular formula is C36H49NO6S. The summed E-state index contributed by atoms with van der Waals surface area (Å²) in [4.78, 5) is 27.2. The molecule has 44 heavy (non-hydrogen) atoms. The van der Waals surface area contributed by atoms with Crippen molar-refractivity contribution in [1.29, 1.82) is 0 Å². The zero-order valence-corrected chi connectivity index (χ0v) is 28.2. The first-order chi connectivity index (χ1) is 20.7. The molecule has 1 amide bonds. The Bertz CT molecular complexity index is 1430. The van der Waals surface area contributed by atoms with E-state index in [-0.39, 0.29) is 28.6 Å². The van der Waals surface area contributed by atoms with Gasteiger partial charge in [0.15, 0.2) is 0 Å². The Kier molecular flexibility index (Phi) is 12.6. The lowest BCUT2D eigenvalue weighted by atomic mass is 9.87. The van der Waals surface area contributed by atoms with E-state index in [4.69, 9.17) is 8.92 Å². The Morgan fingerprint density at radius 2 is 1.57 bits per heavy atom. The van der Waals surface area contributed by atoms with Gasteiger partial charge < -0.3 is 10.1 Å². The maximum Gasteiger partial charge on any atom is 0.329 e. The van der Waals surface area contributed by atoms with Gasteiger partial charge in [0.25, 0.3) is 10.1 Å². The number of amides is 1. The number of hydrogen-bond donors (Lipinski definition) is 1. The number of esters is 1. The molecule has 3 rings (SSSR count). The van der Waals surface area contributed by atoms with Gasteiger partial charge in [0, 0.05) is 24.2 Å². The van der Waals surface area contributed by atoms with E-state index >= 15 is 0 Å². The Balaban J connectivity index is 2.06. The molecule has 2 aromatic rings. The van der Waals surface area contributed by atoms with Gasteiger partial charge in [-0.2, -0.15) is 8.42 Å². The Labute approximate surface area is 264 Å². The van der Waals surface area contributed by atoms with Crippen molar-refractivity contribution < 1.29 is 26.9 Å². The molecule has 240 valence electrons. The minimum atomic E-state index is -4.08. The molecule has 7 nitrogen and oxygen atoms in total. The molecule has 2 aromatic carbocycles. The van der Waals surface area contributed by atoms with Crippen molar-refractivity contribution in [3.05, 3.63) is 89.0 Å². The van der Waals surface area contributed by atoms with Gasteiger partial charge in [-0.15, -0.1) is 0 Å². The highest BCUT2D eigenvalue weighted by Gasteiger charge is 2.33. The van der Waals surface area contributed by atoms with Crippen molar-refractivity contribution in [2.45, 2.75) is 97.8 Å². The number of carbonyl (C=O) groups excluding carboxylic acids is 2. The summed E-state index contributed by atoms with van der Waals surface area (Å²) in [5.74, 6) is -1.72. The van der Waals surface area contributed by atoms with Gasteiger partial charge in [-0.1, -0.05) is 107 Å². The third kappa shape index (κ3) is 9.63. The average Bonchev–Trinajstić information content (AvgIpc) is 2.97. The quantitative estimate of drug-likeness (QED) is 0.203. The van der Waals surface area contributed by atoms with Gasteiger partial charge in [0.1, 0.15) is 18.2 Å². The molecule has 0 saturated heterocycles. The van der Waals surface area contributed by atoms with Crippen molar-refractivity contribution in [3.8, 4) is 0 Å². The second kappa shape index (κ2) is 15.7. The van der Waals surface area contributed by atoms with Crippen LogP contribution in [-0.4, -0.2) is 38.5 Å². The Hall–Kier alpha value is -3.23. The number of cyclic esters (lactones) is 1. The van der Waals surface area contributed by atoms with Crippen molar-refractivity contribution in [2.24, 2.45) is 23.7 Å². The van der Waals surface area contributed by atoms with E-state index in [1.807, 2.05) is 97.9 Å². The van der Waals surface area contributed by atoms with E-state index in [0.717, 1.165) is 28.7 Å². The standard InChI is InChI=1S/C36H49NO6S/c1-9-25(4)33-27(6)21-28(7)34(43-44(40,41)31-17-15-23(2)16-18-31)26(5)19-24(3)20-29(8)35(38)37-32(36(39)42-33)22-30-13-11-10-12-14-30/h10-19,21,25-27,29,32-34H,9,20,22H2,1-8H3,(H,37,38). The van der Waals surface area contributed by atoms with Gasteiger partial charge in [-0.3, -0.25) is 8.98 Å². The molecule has 0 bridgehead atoms. The molecule has 0 radical (unpaired) electrons. The summed E-state index contributed by atoms with van der Waals surface area (Å²) >= 11 is 0. The Morgan fingerprint density at radius 3 is 2.18 bits per heavy atom. The first kappa shape index (κ1) is 35.3. The lowest BCUT2D eigenvalue weighted by molar-refractivity contribution is -0.157. The molecule has 0 aromatic heterocycles. The SMILES string of the molecule is CCC(C)C1OC(=O)C(Cc2ccccc2)NC(=O)C(C)CC(C)=CC(C)C(OS(=O)(=O)c2ccc(C)cc2)C(C)=CC1C. The number of hydrogen-bond acceptors (Lipinski definition) is 6. The molecule has 0 aliphatic carbocycles. The van der Waals surface area contributed by atoms with Crippen LogP contribution in [0.25, 0.3) is 0 Å². The number of rotatable bonds is 7. The molecule has 7 unspecified atom stereocenters. The zero-order chi connectivity index (χ0) is 32.6. The highest BCUT2D eigenvalue weighted by molar-refractivity contribution is 7.86. The monoisotopic (exact) mass is 623 g/mol. The van der Waals surface area contributed by atoms with Gasteiger partial charge >= 0.3 is 5.97 Å². The van der Waals surface area contributed by atoms with Crippen LogP contribution in [0.4, 0.5) is 0 Å². The lowest BCUT2D eigenvalue weighted by Gasteiger charge is -2.31. The minimum absolute atomic E-state index is 0.0101. The molecule has 0 fully saturated rings. The lowest BCUT2D eigenvalue weighted by Crippen LogP contribution is -2.47. The van der Waals surface area contributed by atoms with Crippen LogP contribution in [-0.2, 0) is 35.0 Å². The van der Waals surface area contributed by atoms with Crippen LogP contribution < -0.4 is 5.32 Å². The number of benzene rings is 2. The van der Waals surface area contributed by atoms with Crippen molar-refractivity contribution in [1.82, 2.24) is 5.32 Å². The predicted octanol–water partition coefficient (Wildman–Crippen LogP) is 6.96. The van der Waals surface area contributed by atoms with E-state index in [0.29, 0.717) is 12.8 Å². The van der Waals surface area contributed by atoms with Crippen LogP contribution in [0.1, 0.15) is 72.4 Å². The maximum absolute atomic E-state index is 13.7. The summed E-state index contributed by atoms with van der Waals surface area (Å²) < 4.78 is 39.0. The van der Waals surface area contributed by atoms with Crippen molar-refractivity contribution in [2.75, 3.05) is 0 Å². The molecule has 0 saturated carbocycles. The smallest absolute Gasteiger partial charge is 0.329 e. The van der Waals surface area contributed by atoms with E-state index in [1.165, 1.54) is 0 Å². The molecule has 7 atom stereocenters. The van der Waals surface area contributed by atoms with Crippen LogP contribution in [0.5, 0.6) is 0 Å². The molecule has 0 spiro atoms. The minimum Gasteiger partial charge on any atom is -0.460 e. The van der Waals surface area contributed by atoms with Gasteiger partial charge in [-0.05, 0) is 56.4 Å². The molecule has 1 aliphatic heterocycles. The number of carbonyl (C=O) groups is 2. The second-order valence-electron chi connectivity index (χ2n) is 12.6. The van der Waals surface area contributed by atoms with Gasteiger partial charge in [0.05, 0.1) is 4.90 Å². The zero-order valence-electron chi connectivity index (χ0n) is 27.4. The normalized spacial score (nSPS) is 26.7. The van der Waals surface area contributed by atoms with Crippen LogP contribution in [0.2, 0.25) is 0 Å². The summed E-state index contributed by atoms with van der Waals surface area (Å²) in [6.07, 6.45) is 4.17.